The average Bonchev–Trinajstić information content (AvgIpc) is 3.59. The third-order valence-corrected chi connectivity index (χ3v) is 8.93. The maximum Gasteiger partial charge on any atom is 0.145 e. The van der Waals surface area contributed by atoms with Gasteiger partial charge in [0.15, 0.2) is 0 Å². The Morgan fingerprint density at radius 3 is 2.31 bits per heavy atom. The number of hydrogen-bond donors (Lipinski definition) is 0. The van der Waals surface area contributed by atoms with Gasteiger partial charge in [0.2, 0.25) is 0 Å². The van der Waals surface area contributed by atoms with E-state index >= 15 is 0 Å². The zero-order valence-electron chi connectivity index (χ0n) is 24.4. The minimum absolute atomic E-state index is 0.0768. The Morgan fingerprint density at radius 2 is 1.45 bits per heavy atom. The molecule has 0 fully saturated rings. The molecular weight excluding hydrogens is 512 g/mol. The molecular formula is C39H34N2O. The van der Waals surface area contributed by atoms with Crippen molar-refractivity contribution in [1.29, 1.82) is 0 Å². The lowest BCUT2D eigenvalue weighted by Gasteiger charge is -2.25. The third-order valence-electron chi connectivity index (χ3n) is 8.93. The van der Waals surface area contributed by atoms with Crippen LogP contribution in [-0.4, -0.2) is 9.55 Å². The molecule has 0 spiro atoms. The van der Waals surface area contributed by atoms with E-state index in [4.69, 9.17) is 9.40 Å². The number of nitrogens with zero attached hydrogens (tertiary/aromatic N) is 2. The molecule has 42 heavy (non-hydrogen) atoms. The first-order valence-electron chi connectivity index (χ1n) is 15.1. The van der Waals surface area contributed by atoms with Gasteiger partial charge in [0.05, 0.1) is 16.7 Å². The minimum atomic E-state index is -0.0768. The highest BCUT2D eigenvalue weighted by Crippen LogP contribution is 2.40. The smallest absolute Gasteiger partial charge is 0.145 e. The van der Waals surface area contributed by atoms with Crippen LogP contribution < -0.4 is 0 Å². The van der Waals surface area contributed by atoms with Gasteiger partial charge in [-0.3, -0.25) is 4.57 Å². The Balaban J connectivity index is 1.39. The second-order valence-electron chi connectivity index (χ2n) is 12.7. The molecule has 2 heterocycles. The Labute approximate surface area is 246 Å². The number of hydrogen-bond acceptors (Lipinski definition) is 2. The molecule has 0 N–H and O–H groups in total. The molecule has 3 heteroatoms. The fraction of sp³-hybridized carbons (Fsp3) is 0.205. The van der Waals surface area contributed by atoms with Crippen LogP contribution in [0.15, 0.2) is 108 Å². The molecule has 1 aliphatic carbocycles. The number of imidazole rings is 1. The van der Waals surface area contributed by atoms with E-state index in [0.717, 1.165) is 46.4 Å². The molecule has 206 valence electrons. The van der Waals surface area contributed by atoms with Crippen LogP contribution in [0.1, 0.15) is 50.3 Å². The molecule has 0 radical (unpaired) electrons. The van der Waals surface area contributed by atoms with Crippen molar-refractivity contribution < 1.29 is 4.42 Å². The van der Waals surface area contributed by atoms with Gasteiger partial charge >= 0.3 is 0 Å². The maximum absolute atomic E-state index is 6.38. The summed E-state index contributed by atoms with van der Waals surface area (Å²) in [5.74, 6) is 0.954. The van der Waals surface area contributed by atoms with Gasteiger partial charge in [-0.15, -0.1) is 0 Å². The van der Waals surface area contributed by atoms with Gasteiger partial charge < -0.3 is 4.42 Å². The van der Waals surface area contributed by atoms with Crippen LogP contribution in [0, 0.1) is 0 Å². The van der Waals surface area contributed by atoms with Gasteiger partial charge in [-0.25, -0.2) is 4.98 Å². The predicted molar refractivity (Wildman–Crippen MR) is 175 cm³/mol. The summed E-state index contributed by atoms with van der Waals surface area (Å²) in [4.78, 5) is 5.25. The van der Waals surface area contributed by atoms with E-state index in [2.05, 4.69) is 128 Å². The fourth-order valence-corrected chi connectivity index (χ4v) is 6.86. The normalized spacial score (nSPS) is 13.7. The van der Waals surface area contributed by atoms with Crippen LogP contribution >= 0.6 is 0 Å². The molecule has 0 aliphatic heterocycles. The van der Waals surface area contributed by atoms with Crippen molar-refractivity contribution in [1.82, 2.24) is 9.55 Å². The third kappa shape index (κ3) is 3.99. The van der Waals surface area contributed by atoms with E-state index in [1.165, 1.54) is 57.1 Å². The molecule has 1 aliphatic rings. The predicted octanol–water partition coefficient (Wildman–Crippen LogP) is 10.4. The van der Waals surface area contributed by atoms with Gasteiger partial charge in [-0.2, -0.15) is 0 Å². The summed E-state index contributed by atoms with van der Waals surface area (Å²) >= 11 is 0. The number of rotatable bonds is 3. The topological polar surface area (TPSA) is 31.0 Å². The lowest BCUT2D eigenvalue weighted by Crippen LogP contribution is -2.16. The first-order valence-corrected chi connectivity index (χ1v) is 15.1. The maximum atomic E-state index is 6.38. The number of furan rings is 1. The summed E-state index contributed by atoms with van der Waals surface area (Å²) in [5, 5.41) is 2.48. The van der Waals surface area contributed by atoms with Crippen LogP contribution in [0.25, 0.3) is 61.2 Å². The van der Waals surface area contributed by atoms with Crippen molar-refractivity contribution in [3.05, 3.63) is 120 Å². The van der Waals surface area contributed by atoms with Crippen molar-refractivity contribution in [2.24, 2.45) is 0 Å². The first kappa shape index (κ1) is 25.1. The zero-order chi connectivity index (χ0) is 28.4. The lowest BCUT2D eigenvalue weighted by molar-refractivity contribution is 0.587. The largest absolute Gasteiger partial charge is 0.456 e. The summed E-state index contributed by atoms with van der Waals surface area (Å²) < 4.78 is 8.74. The second-order valence-corrected chi connectivity index (χ2v) is 12.7. The summed E-state index contributed by atoms with van der Waals surface area (Å²) in [7, 11) is 0. The number of aromatic nitrogens is 2. The summed E-state index contributed by atoms with van der Waals surface area (Å²) in [6.07, 6.45) is 4.78. The first-order chi connectivity index (χ1) is 20.5. The standard InChI is InChI=1S/C39H34N2O/c1-39(2,3)31-24-27(25-11-5-4-6-12-25)17-20-33(31)41-34-16-10-9-15-32(34)40-38(41)28-19-21-35-30(23-28)37-29-14-8-7-13-26(29)18-22-36(37)42-35/h4-6,9-12,15-24H,7-8,13-14H2,1-3H3. The van der Waals surface area contributed by atoms with Crippen molar-refractivity contribution in [2.75, 3.05) is 0 Å². The van der Waals surface area contributed by atoms with Crippen molar-refractivity contribution >= 4 is 33.0 Å². The average molecular weight is 547 g/mol. The molecule has 2 aromatic heterocycles. The Morgan fingerprint density at radius 1 is 0.690 bits per heavy atom. The van der Waals surface area contributed by atoms with Gasteiger partial charge in [0.25, 0.3) is 0 Å². The van der Waals surface area contributed by atoms with Crippen LogP contribution in [0.4, 0.5) is 0 Å². The monoisotopic (exact) mass is 546 g/mol. The van der Waals surface area contributed by atoms with Gasteiger partial charge in [-0.05, 0) is 107 Å². The highest BCUT2D eigenvalue weighted by Gasteiger charge is 2.25. The molecule has 0 saturated heterocycles. The molecule has 7 aromatic rings. The van der Waals surface area contributed by atoms with Gasteiger partial charge in [0.1, 0.15) is 17.0 Å². The highest BCUT2D eigenvalue weighted by atomic mass is 16.3. The molecule has 3 nitrogen and oxygen atoms in total. The van der Waals surface area contributed by atoms with Crippen LogP contribution in [-0.2, 0) is 18.3 Å². The van der Waals surface area contributed by atoms with Gasteiger partial charge in [-0.1, -0.05) is 75.4 Å². The number of aryl methyl sites for hydroxylation is 2. The number of benzene rings is 5. The Kier molecular flexibility index (Phi) is 5.65. The number of para-hydroxylation sites is 2. The Hall–Kier alpha value is -4.63. The molecule has 0 unspecified atom stereocenters. The summed E-state index contributed by atoms with van der Waals surface area (Å²) in [5.41, 5.74) is 12.9. The van der Waals surface area contributed by atoms with Crippen molar-refractivity contribution in [3.8, 4) is 28.2 Å². The molecule has 0 atom stereocenters. The number of fused-ring (bicyclic) bond motifs is 6. The molecule has 5 aromatic carbocycles. The van der Waals surface area contributed by atoms with E-state index in [-0.39, 0.29) is 5.41 Å². The van der Waals surface area contributed by atoms with E-state index in [1.54, 1.807) is 0 Å². The quantitative estimate of drug-likeness (QED) is 0.221. The van der Waals surface area contributed by atoms with E-state index < -0.39 is 0 Å². The molecule has 8 rings (SSSR count). The fourth-order valence-electron chi connectivity index (χ4n) is 6.86. The lowest BCUT2D eigenvalue weighted by atomic mass is 9.83. The van der Waals surface area contributed by atoms with E-state index in [1.807, 2.05) is 0 Å². The second kappa shape index (κ2) is 9.46. The molecule has 0 bridgehead atoms. The van der Waals surface area contributed by atoms with Crippen LogP contribution in [0.2, 0.25) is 0 Å². The SMILES string of the molecule is CC(C)(C)c1cc(-c2ccccc2)ccc1-n1c(-c2ccc3oc4ccc5c(c4c3c2)CCCC5)nc2ccccc21. The van der Waals surface area contributed by atoms with Gasteiger partial charge in [0, 0.05) is 16.3 Å². The minimum Gasteiger partial charge on any atom is -0.456 e. The zero-order valence-corrected chi connectivity index (χ0v) is 24.4. The molecule has 0 amide bonds. The summed E-state index contributed by atoms with van der Waals surface area (Å²) in [6, 6.07) is 37.1. The van der Waals surface area contributed by atoms with E-state index in [0.29, 0.717) is 0 Å². The molecule has 0 saturated carbocycles. The van der Waals surface area contributed by atoms with Crippen molar-refractivity contribution in [3.63, 3.8) is 0 Å². The Bertz CT molecular complexity index is 2120. The highest BCUT2D eigenvalue weighted by molar-refractivity contribution is 6.08. The van der Waals surface area contributed by atoms with Crippen LogP contribution in [0.3, 0.4) is 0 Å². The van der Waals surface area contributed by atoms with Crippen LogP contribution in [0.5, 0.6) is 0 Å². The summed E-state index contributed by atoms with van der Waals surface area (Å²) in [6.45, 7) is 6.89. The van der Waals surface area contributed by atoms with E-state index in [9.17, 15) is 0 Å². The van der Waals surface area contributed by atoms with Crippen molar-refractivity contribution in [2.45, 2.75) is 51.9 Å².